The first kappa shape index (κ1) is 73.4. The van der Waals surface area contributed by atoms with Crippen LogP contribution in [0.5, 0.6) is 17.2 Å². The fraction of sp³-hybridized carbons (Fsp3) is 0.452. The summed E-state index contributed by atoms with van der Waals surface area (Å²) < 4.78 is 15.4. The van der Waals surface area contributed by atoms with E-state index in [4.69, 9.17) is 14.7 Å². The monoisotopic (exact) mass is 1360 g/mol. The standard InChI is InChI=1S/C62H74N10O20S2.Na/c1-30-28-72-52(53(30)80)58(85)64-27-38(74)24-42(65-54(81)35-11-15-37(16-12-35)60-70-69-59(93-60)36-13-9-33(10-14-36)34-17-19-41(20-18-34)89-40-6-4-3-5-7-40)55(82)66-49(31(2)73)61(86)71-29-39(75)25-43(71)56(83)67-50(57(84)68-51(62(72)87)46(78)26-48(63)79)45(77)22-32-8-21-44(76)47(23-32)90-94-92-91-88;/h8-21,23,30-31,38-40,42-43,45-46,49-53,73-78,80,88H,3-7,22,24-29H2,1-2H3,(H2,63,79)(H,64,85)(H,65,81)(H,66,82)(H,67,83)(H,68,84);/q;+1/p-1. The van der Waals surface area contributed by atoms with Gasteiger partial charge in [0.05, 0.1) is 49.1 Å². The van der Waals surface area contributed by atoms with Crippen molar-refractivity contribution in [2.45, 2.75) is 151 Å². The van der Waals surface area contributed by atoms with E-state index in [2.05, 4.69) is 46.2 Å². The Labute approximate surface area is 574 Å². The molecule has 0 spiro atoms. The molecule has 504 valence electrons. The molecule has 1 aromatic heterocycles. The number of phenols is 1. The summed E-state index contributed by atoms with van der Waals surface area (Å²) in [5, 5.41) is 114. The third-order valence-electron chi connectivity index (χ3n) is 16.8. The number of phenolic OH excluding ortho intramolecular Hbond substituents is 1. The maximum atomic E-state index is 14.7. The summed E-state index contributed by atoms with van der Waals surface area (Å²) in [5.74, 6) is -10.3. The molecule has 1 saturated carbocycles. The first-order chi connectivity index (χ1) is 45.0. The van der Waals surface area contributed by atoms with Gasteiger partial charge in [-0.25, -0.2) is 0 Å². The number of nitrogens with one attached hydrogen (secondary N) is 5. The molecule has 5 aromatic rings. The molecule has 30 nitrogen and oxygen atoms in total. The fourth-order valence-corrected chi connectivity index (χ4v) is 12.9. The molecule has 4 heterocycles. The van der Waals surface area contributed by atoms with Gasteiger partial charge >= 0.3 is 29.6 Å². The second kappa shape index (κ2) is 33.5. The molecule has 0 radical (unpaired) electrons. The van der Waals surface area contributed by atoms with Crippen LogP contribution in [-0.2, 0) is 49.4 Å². The molecule has 4 aliphatic rings. The molecular formula is C62H73N10NaO20S2. The number of amides is 8. The average molecular weight is 1370 g/mol. The maximum Gasteiger partial charge on any atom is 1.00 e. The number of ether oxygens (including phenoxy) is 1. The van der Waals surface area contributed by atoms with Crippen molar-refractivity contribution in [2.75, 3.05) is 19.6 Å². The van der Waals surface area contributed by atoms with E-state index in [0.29, 0.717) is 15.6 Å². The molecule has 13 atom stereocenters. The van der Waals surface area contributed by atoms with Gasteiger partial charge in [-0.15, -0.1) is 14.5 Å². The van der Waals surface area contributed by atoms with Crippen LogP contribution in [0.4, 0.5) is 0 Å². The Kier molecular flexibility index (Phi) is 25.9. The Balaban J connectivity index is 0.0000116. The van der Waals surface area contributed by atoms with E-state index in [1.165, 1.54) is 55.7 Å². The number of fused-ring (bicyclic) bond motifs is 2. The number of aliphatic hydroxyl groups excluding tert-OH is 6. The van der Waals surface area contributed by atoms with Gasteiger partial charge in [-0.05, 0) is 85.7 Å². The van der Waals surface area contributed by atoms with Gasteiger partial charge in [0, 0.05) is 61.5 Å². The van der Waals surface area contributed by atoms with E-state index >= 15 is 0 Å². The van der Waals surface area contributed by atoms with Crippen LogP contribution in [0.1, 0.15) is 81.1 Å². The molecule has 0 bridgehead atoms. The van der Waals surface area contributed by atoms with Crippen LogP contribution in [0.25, 0.3) is 32.3 Å². The first-order valence-corrected chi connectivity index (χ1v) is 31.9. The smallest absolute Gasteiger partial charge is 0.691 e. The Morgan fingerprint density at radius 3 is 1.97 bits per heavy atom. The Bertz CT molecular complexity index is 3520. The van der Waals surface area contributed by atoms with E-state index in [-0.39, 0.29) is 64.9 Å². The molecule has 8 amide bonds. The van der Waals surface area contributed by atoms with Crippen LogP contribution >= 0.6 is 23.7 Å². The molecule has 1 aliphatic carbocycles. The molecule has 3 saturated heterocycles. The zero-order valence-corrected chi connectivity index (χ0v) is 55.5. The summed E-state index contributed by atoms with van der Waals surface area (Å²) in [6, 6.07) is 13.7. The molecule has 33 heteroatoms. The van der Waals surface area contributed by atoms with Gasteiger partial charge in [-0.1, -0.05) is 79.3 Å². The SMILES string of the molecule is CC(O)C1NC(=O)C(NC(=O)c2ccc(-c3nnc(-c4ccc(-c5ccc(OC6CCCCC6)cc5)cc4)s3)cc2)CC(O)CNC(=O)C2C(O)C(C)CN2C(=O)C(C(O)CC(N)=O)NC(=O)C(C(O)Cc2ccc(O)c(OSOO[O-])c2)NC(=O)C2CC(O)CN2C1=O.[Na+]. The van der Waals surface area contributed by atoms with Crippen LogP contribution < -0.4 is 76.1 Å². The van der Waals surface area contributed by atoms with Gasteiger partial charge in [-0.3, -0.25) is 43.4 Å². The maximum absolute atomic E-state index is 14.7. The van der Waals surface area contributed by atoms with Crippen molar-refractivity contribution in [1.82, 2.24) is 46.6 Å². The summed E-state index contributed by atoms with van der Waals surface area (Å²) >= 11 is 1.29. The topological polar surface area (TPSA) is 457 Å². The number of benzene rings is 4. The van der Waals surface area contributed by atoms with Crippen molar-refractivity contribution < 1.29 is 127 Å². The van der Waals surface area contributed by atoms with E-state index in [1.54, 1.807) is 12.1 Å². The second-order valence-corrected chi connectivity index (χ2v) is 25.1. The van der Waals surface area contributed by atoms with Gasteiger partial charge in [0.25, 0.3) is 18.2 Å². The number of β-amino-alcohol motifs (C(OH)–C–C–N with tert-alkyl or cyclic N) is 1. The Hall–Kier alpha value is -7.41. The van der Waals surface area contributed by atoms with Crippen molar-refractivity contribution in [3.8, 4) is 49.5 Å². The average Bonchev–Trinajstić information content (AvgIpc) is 1.69. The van der Waals surface area contributed by atoms with Gasteiger partial charge < -0.3 is 92.0 Å². The van der Waals surface area contributed by atoms with Crippen molar-refractivity contribution >= 4 is 70.9 Å². The molecule has 3 aliphatic heterocycles. The normalized spacial score (nSPS) is 25.2. The van der Waals surface area contributed by atoms with E-state index < -0.39 is 177 Å². The summed E-state index contributed by atoms with van der Waals surface area (Å²) in [7, 11) is 0. The molecule has 13 unspecified atom stereocenters. The predicted molar refractivity (Wildman–Crippen MR) is 331 cm³/mol. The zero-order valence-electron chi connectivity index (χ0n) is 51.8. The van der Waals surface area contributed by atoms with Gasteiger partial charge in [0.1, 0.15) is 52.0 Å². The van der Waals surface area contributed by atoms with E-state index in [9.17, 15) is 79.4 Å². The minimum Gasteiger partial charge on any atom is -0.691 e. The molecule has 4 fully saturated rings. The molecule has 95 heavy (non-hydrogen) atoms. The number of rotatable bonds is 18. The number of hydrogen-bond donors (Lipinski definition) is 13. The number of carbonyl (C=O) groups is 8. The Morgan fingerprint density at radius 1 is 0.737 bits per heavy atom. The van der Waals surface area contributed by atoms with Crippen LogP contribution in [0.3, 0.4) is 0 Å². The summed E-state index contributed by atoms with van der Waals surface area (Å²) in [5.41, 5.74) is 8.89. The molecule has 14 N–H and O–H groups in total. The van der Waals surface area contributed by atoms with E-state index in [1.807, 2.05) is 48.5 Å². The zero-order chi connectivity index (χ0) is 67.5. The van der Waals surface area contributed by atoms with Crippen molar-refractivity contribution in [2.24, 2.45) is 11.7 Å². The van der Waals surface area contributed by atoms with Gasteiger partial charge in [0.2, 0.25) is 41.4 Å². The summed E-state index contributed by atoms with van der Waals surface area (Å²) in [6.07, 6.45) is -7.74. The first-order valence-electron chi connectivity index (χ1n) is 30.4. The fourth-order valence-electron chi connectivity index (χ4n) is 11.8. The van der Waals surface area contributed by atoms with Crippen LogP contribution in [0, 0.1) is 5.92 Å². The number of aromatic nitrogens is 2. The molecule has 9 rings (SSSR count). The van der Waals surface area contributed by atoms with Crippen LogP contribution in [0.2, 0.25) is 0 Å². The van der Waals surface area contributed by atoms with E-state index in [0.717, 1.165) is 64.1 Å². The minimum atomic E-state index is -2.23. The van der Waals surface area contributed by atoms with Crippen LogP contribution in [-0.4, -0.2) is 202 Å². The summed E-state index contributed by atoms with van der Waals surface area (Å²) in [6.45, 7) is 0.845. The largest absolute Gasteiger partial charge is 1.00 e. The number of hydrogen-bond acceptors (Lipinski definition) is 24. The predicted octanol–water partition coefficient (Wildman–Crippen LogP) is -4.05. The minimum absolute atomic E-state index is 0. The third-order valence-corrected chi connectivity index (χ3v) is 18.2. The van der Waals surface area contributed by atoms with Gasteiger partial charge in [0.15, 0.2) is 11.5 Å². The van der Waals surface area contributed by atoms with Crippen LogP contribution in [0.15, 0.2) is 91.0 Å². The molecular weight excluding hydrogens is 1290 g/mol. The summed E-state index contributed by atoms with van der Waals surface area (Å²) in [4.78, 5) is 115. The quantitative estimate of drug-likeness (QED) is 0.0131. The number of primary amides is 1. The number of aromatic hydroxyl groups is 1. The number of carbonyl (C=O) groups excluding carboxylic acids is 8. The van der Waals surface area contributed by atoms with Gasteiger partial charge in [-0.2, -0.15) is 0 Å². The molecule has 4 aromatic carbocycles. The van der Waals surface area contributed by atoms with Crippen molar-refractivity contribution in [3.63, 3.8) is 0 Å². The van der Waals surface area contributed by atoms with Crippen molar-refractivity contribution in [3.05, 3.63) is 102 Å². The number of nitrogens with two attached hydrogens (primary N) is 1. The van der Waals surface area contributed by atoms with Crippen molar-refractivity contribution in [1.29, 1.82) is 0 Å². The third kappa shape index (κ3) is 18.6. The Morgan fingerprint density at radius 2 is 1.34 bits per heavy atom. The number of aliphatic hydroxyl groups is 6. The second-order valence-electron chi connectivity index (χ2n) is 23.7. The number of nitrogens with zero attached hydrogens (tertiary/aromatic N) is 4.